The summed E-state index contributed by atoms with van der Waals surface area (Å²) in [6.07, 6.45) is 1.16. The van der Waals surface area contributed by atoms with E-state index in [0.29, 0.717) is 0 Å². The van der Waals surface area contributed by atoms with Crippen LogP contribution in [-0.2, 0) is 11.2 Å². The SMILES string of the molecule is Cc1cc(Br)ccc1NCC1OCCc2ccccc21. The number of hydrogen-bond donors (Lipinski definition) is 1. The molecule has 2 nitrogen and oxygen atoms in total. The van der Waals surface area contributed by atoms with Crippen LogP contribution in [0.25, 0.3) is 0 Å². The molecule has 0 fully saturated rings. The lowest BCUT2D eigenvalue weighted by Gasteiger charge is -2.26. The van der Waals surface area contributed by atoms with Crippen LogP contribution in [-0.4, -0.2) is 13.2 Å². The van der Waals surface area contributed by atoms with Gasteiger partial charge in [0.05, 0.1) is 12.7 Å². The Labute approximate surface area is 128 Å². The normalized spacial score (nSPS) is 17.6. The number of ether oxygens (including phenoxy) is 1. The molecule has 0 bridgehead atoms. The minimum absolute atomic E-state index is 0.142. The van der Waals surface area contributed by atoms with Crippen LogP contribution < -0.4 is 5.32 Å². The van der Waals surface area contributed by atoms with E-state index >= 15 is 0 Å². The molecule has 3 heteroatoms. The molecule has 0 aromatic heterocycles. The first-order chi connectivity index (χ1) is 9.74. The van der Waals surface area contributed by atoms with Crippen LogP contribution in [0.3, 0.4) is 0 Å². The summed E-state index contributed by atoms with van der Waals surface area (Å²) in [6.45, 7) is 3.73. The van der Waals surface area contributed by atoms with Crippen molar-refractivity contribution in [2.75, 3.05) is 18.5 Å². The van der Waals surface area contributed by atoms with Gasteiger partial charge in [-0.05, 0) is 48.2 Å². The summed E-state index contributed by atoms with van der Waals surface area (Å²) >= 11 is 3.49. The molecule has 0 spiro atoms. The Hall–Kier alpha value is -1.32. The number of aryl methyl sites for hydroxylation is 1. The average Bonchev–Trinajstić information content (AvgIpc) is 2.46. The van der Waals surface area contributed by atoms with Crippen molar-refractivity contribution in [1.82, 2.24) is 0 Å². The number of nitrogens with one attached hydrogen (secondary N) is 1. The van der Waals surface area contributed by atoms with E-state index < -0.39 is 0 Å². The zero-order chi connectivity index (χ0) is 13.9. The van der Waals surface area contributed by atoms with Crippen molar-refractivity contribution in [2.45, 2.75) is 19.4 Å². The molecule has 3 rings (SSSR count). The van der Waals surface area contributed by atoms with Crippen molar-refractivity contribution in [3.63, 3.8) is 0 Å². The van der Waals surface area contributed by atoms with E-state index in [2.05, 4.69) is 70.6 Å². The van der Waals surface area contributed by atoms with Crippen molar-refractivity contribution in [3.05, 3.63) is 63.6 Å². The predicted octanol–water partition coefficient (Wildman–Crippen LogP) is 4.48. The highest BCUT2D eigenvalue weighted by atomic mass is 79.9. The van der Waals surface area contributed by atoms with Crippen LogP contribution in [0.4, 0.5) is 5.69 Å². The maximum Gasteiger partial charge on any atom is 0.0999 e. The maximum atomic E-state index is 5.92. The topological polar surface area (TPSA) is 21.3 Å². The third kappa shape index (κ3) is 2.89. The van der Waals surface area contributed by atoms with Crippen LogP contribution in [0.5, 0.6) is 0 Å². The van der Waals surface area contributed by atoms with Gasteiger partial charge >= 0.3 is 0 Å². The van der Waals surface area contributed by atoms with Gasteiger partial charge in [0.15, 0.2) is 0 Å². The van der Waals surface area contributed by atoms with E-state index in [1.807, 2.05) is 0 Å². The molecular formula is C17H18BrNO. The van der Waals surface area contributed by atoms with Crippen LogP contribution in [0.15, 0.2) is 46.9 Å². The second kappa shape index (κ2) is 5.98. The highest BCUT2D eigenvalue weighted by Crippen LogP contribution is 2.28. The van der Waals surface area contributed by atoms with Crippen molar-refractivity contribution < 1.29 is 4.74 Å². The fourth-order valence-corrected chi connectivity index (χ4v) is 3.15. The number of hydrogen-bond acceptors (Lipinski definition) is 2. The minimum atomic E-state index is 0.142. The van der Waals surface area contributed by atoms with Gasteiger partial charge in [0.1, 0.15) is 0 Å². The van der Waals surface area contributed by atoms with Gasteiger partial charge in [-0.15, -0.1) is 0 Å². The maximum absolute atomic E-state index is 5.92. The molecule has 1 unspecified atom stereocenters. The Balaban J connectivity index is 1.73. The lowest BCUT2D eigenvalue weighted by atomic mass is 9.97. The summed E-state index contributed by atoms with van der Waals surface area (Å²) in [5, 5.41) is 3.50. The number of fused-ring (bicyclic) bond motifs is 1. The molecule has 0 saturated heterocycles. The van der Waals surface area contributed by atoms with Gasteiger partial charge in [0.2, 0.25) is 0 Å². The number of halogens is 1. The predicted molar refractivity (Wildman–Crippen MR) is 86.2 cm³/mol. The molecule has 0 aliphatic carbocycles. The van der Waals surface area contributed by atoms with E-state index in [9.17, 15) is 0 Å². The van der Waals surface area contributed by atoms with Crippen molar-refractivity contribution in [2.24, 2.45) is 0 Å². The van der Waals surface area contributed by atoms with E-state index in [4.69, 9.17) is 4.74 Å². The lowest BCUT2D eigenvalue weighted by Crippen LogP contribution is -2.22. The molecule has 2 aromatic rings. The average molecular weight is 332 g/mol. The fourth-order valence-electron chi connectivity index (χ4n) is 2.67. The smallest absolute Gasteiger partial charge is 0.0999 e. The van der Waals surface area contributed by atoms with Crippen LogP contribution in [0.2, 0.25) is 0 Å². The summed E-state index contributed by atoms with van der Waals surface area (Å²) in [6, 6.07) is 14.9. The monoisotopic (exact) mass is 331 g/mol. The molecule has 2 aromatic carbocycles. The van der Waals surface area contributed by atoms with Crippen LogP contribution >= 0.6 is 15.9 Å². The number of rotatable bonds is 3. The first-order valence-electron chi connectivity index (χ1n) is 6.93. The third-order valence-electron chi connectivity index (χ3n) is 3.76. The molecule has 20 heavy (non-hydrogen) atoms. The molecule has 0 saturated carbocycles. The Bertz CT molecular complexity index is 612. The van der Waals surface area contributed by atoms with Gasteiger partial charge < -0.3 is 10.1 Å². The summed E-state index contributed by atoms with van der Waals surface area (Å²) in [5.74, 6) is 0. The molecule has 104 valence electrons. The molecule has 1 atom stereocenters. The number of anilines is 1. The second-order valence-electron chi connectivity index (χ2n) is 5.15. The first kappa shape index (κ1) is 13.7. The molecule has 1 N–H and O–H groups in total. The van der Waals surface area contributed by atoms with Gasteiger partial charge in [-0.25, -0.2) is 0 Å². The highest BCUT2D eigenvalue weighted by Gasteiger charge is 2.20. The van der Waals surface area contributed by atoms with Gasteiger partial charge in [0, 0.05) is 16.7 Å². The van der Waals surface area contributed by atoms with Crippen molar-refractivity contribution >= 4 is 21.6 Å². The summed E-state index contributed by atoms with van der Waals surface area (Å²) in [5.41, 5.74) is 5.14. The largest absolute Gasteiger partial charge is 0.382 e. The number of benzene rings is 2. The van der Waals surface area contributed by atoms with Gasteiger partial charge in [-0.1, -0.05) is 40.2 Å². The van der Waals surface area contributed by atoms with Gasteiger partial charge in [0.25, 0.3) is 0 Å². The molecule has 1 aliphatic heterocycles. The molecular weight excluding hydrogens is 314 g/mol. The van der Waals surface area contributed by atoms with Gasteiger partial charge in [-0.3, -0.25) is 0 Å². The second-order valence-corrected chi connectivity index (χ2v) is 6.06. The Morgan fingerprint density at radius 2 is 2.10 bits per heavy atom. The zero-order valence-corrected chi connectivity index (χ0v) is 13.1. The van der Waals surface area contributed by atoms with E-state index in [-0.39, 0.29) is 6.10 Å². The molecule has 1 heterocycles. The summed E-state index contributed by atoms with van der Waals surface area (Å²) in [7, 11) is 0. The fraction of sp³-hybridized carbons (Fsp3) is 0.294. The minimum Gasteiger partial charge on any atom is -0.382 e. The van der Waals surface area contributed by atoms with E-state index in [1.165, 1.54) is 22.4 Å². The van der Waals surface area contributed by atoms with E-state index in [1.54, 1.807) is 0 Å². The standard InChI is InChI=1S/C17H18BrNO/c1-12-10-14(18)6-7-16(12)19-11-17-15-5-3-2-4-13(15)8-9-20-17/h2-7,10,17,19H,8-9,11H2,1H3. The van der Waals surface area contributed by atoms with Crippen LogP contribution in [0, 0.1) is 6.92 Å². The van der Waals surface area contributed by atoms with Gasteiger partial charge in [-0.2, -0.15) is 0 Å². The zero-order valence-electron chi connectivity index (χ0n) is 11.5. The van der Waals surface area contributed by atoms with Crippen LogP contribution in [0.1, 0.15) is 22.8 Å². The lowest BCUT2D eigenvalue weighted by molar-refractivity contribution is 0.0513. The highest BCUT2D eigenvalue weighted by molar-refractivity contribution is 9.10. The summed E-state index contributed by atoms with van der Waals surface area (Å²) < 4.78 is 7.03. The quantitative estimate of drug-likeness (QED) is 0.895. The third-order valence-corrected chi connectivity index (χ3v) is 4.25. The molecule has 0 radical (unpaired) electrons. The van der Waals surface area contributed by atoms with Crippen molar-refractivity contribution in [3.8, 4) is 0 Å². The molecule has 0 amide bonds. The summed E-state index contributed by atoms with van der Waals surface area (Å²) in [4.78, 5) is 0. The first-order valence-corrected chi connectivity index (χ1v) is 7.73. The Morgan fingerprint density at radius 1 is 1.25 bits per heavy atom. The van der Waals surface area contributed by atoms with E-state index in [0.717, 1.165) is 24.0 Å². The Morgan fingerprint density at radius 3 is 2.95 bits per heavy atom. The molecule has 1 aliphatic rings. The van der Waals surface area contributed by atoms with Crippen molar-refractivity contribution in [1.29, 1.82) is 0 Å². The Kier molecular flexibility index (Phi) is 4.08.